The van der Waals surface area contributed by atoms with Gasteiger partial charge in [0, 0.05) is 31.1 Å². The monoisotopic (exact) mass is 583 g/mol. The number of amides is 1. The number of carbonyl (C=O) groups excluding carboxylic acids is 1. The van der Waals surface area contributed by atoms with Gasteiger partial charge in [0.2, 0.25) is 0 Å². The second kappa shape index (κ2) is 11.3. The van der Waals surface area contributed by atoms with Crippen LogP contribution >= 0.6 is 0 Å². The molecule has 2 aliphatic heterocycles. The van der Waals surface area contributed by atoms with Gasteiger partial charge in [0.05, 0.1) is 31.2 Å². The summed E-state index contributed by atoms with van der Waals surface area (Å²) < 4.78 is 50.5. The zero-order valence-electron chi connectivity index (χ0n) is 24.0. The number of nitrogens with one attached hydrogen (secondary N) is 2. The van der Waals surface area contributed by atoms with E-state index in [-0.39, 0.29) is 35.5 Å². The van der Waals surface area contributed by atoms with E-state index in [1.54, 1.807) is 18.5 Å². The highest BCUT2D eigenvalue weighted by Gasteiger charge is 2.42. The number of hydrogen-bond acceptors (Lipinski definition) is 7. The van der Waals surface area contributed by atoms with E-state index in [1.165, 1.54) is 17.4 Å². The fraction of sp³-hybridized carbons (Fsp3) is 0.533. The number of anilines is 2. The van der Waals surface area contributed by atoms with Crippen LogP contribution in [0.5, 0.6) is 0 Å². The number of aryl methyl sites for hydroxylation is 1. The Hall–Kier alpha value is -3.51. The number of carbonyl (C=O) groups is 1. The van der Waals surface area contributed by atoms with Crippen LogP contribution in [0.3, 0.4) is 0 Å². The standard InChI is InChI=1S/C30H36F3N7O2/c1-4-34-25-10-20(27(21-14-42-15-21)28-38-36-16-39(28)3)11-26(37-25)40-13-23-22(29(40)41)8-19(9-24(23)30(31,32)33)17(2)35-12-18-6-5-7-18/h8-11,16-18,21,27,35H,4-7,12-15H2,1-3H3,(H,34,37)/t17-,27-/m0/s1. The van der Waals surface area contributed by atoms with Crippen LogP contribution in [-0.2, 0) is 24.5 Å². The van der Waals surface area contributed by atoms with E-state index in [1.807, 2.05) is 31.5 Å². The minimum absolute atomic E-state index is 0.0168. The fourth-order valence-electron chi connectivity index (χ4n) is 6.06. The Morgan fingerprint density at radius 3 is 2.52 bits per heavy atom. The van der Waals surface area contributed by atoms with Crippen molar-refractivity contribution in [3.05, 3.63) is 64.2 Å². The summed E-state index contributed by atoms with van der Waals surface area (Å²) in [5, 5.41) is 15.0. The van der Waals surface area contributed by atoms with E-state index in [9.17, 15) is 18.0 Å². The Kier molecular flexibility index (Phi) is 7.69. The van der Waals surface area contributed by atoms with Crippen LogP contribution in [-0.4, -0.2) is 52.0 Å². The summed E-state index contributed by atoms with van der Waals surface area (Å²) in [7, 11) is 1.87. The number of fused-ring (bicyclic) bond motifs is 1. The minimum Gasteiger partial charge on any atom is -0.381 e. The molecule has 42 heavy (non-hydrogen) atoms. The van der Waals surface area contributed by atoms with Gasteiger partial charge in [-0.15, -0.1) is 10.2 Å². The van der Waals surface area contributed by atoms with Crippen molar-refractivity contribution in [2.45, 2.75) is 57.8 Å². The van der Waals surface area contributed by atoms with Crippen LogP contribution in [0, 0.1) is 11.8 Å². The first-order chi connectivity index (χ1) is 20.1. The maximum Gasteiger partial charge on any atom is 0.416 e. The Morgan fingerprint density at radius 2 is 1.93 bits per heavy atom. The van der Waals surface area contributed by atoms with Crippen molar-refractivity contribution in [1.82, 2.24) is 25.1 Å². The first kappa shape index (κ1) is 28.6. The third-order valence-corrected chi connectivity index (χ3v) is 8.79. The first-order valence-corrected chi connectivity index (χ1v) is 14.6. The molecule has 3 aromatic rings. The molecule has 1 aliphatic carbocycles. The lowest BCUT2D eigenvalue weighted by Gasteiger charge is -2.34. The Bertz CT molecular complexity index is 1470. The maximum atomic E-state index is 14.4. The molecule has 2 fully saturated rings. The average molecular weight is 584 g/mol. The molecule has 0 spiro atoms. The van der Waals surface area contributed by atoms with Crippen molar-refractivity contribution in [3.63, 3.8) is 0 Å². The smallest absolute Gasteiger partial charge is 0.381 e. The van der Waals surface area contributed by atoms with E-state index in [2.05, 4.69) is 25.8 Å². The summed E-state index contributed by atoms with van der Waals surface area (Å²) >= 11 is 0. The average Bonchev–Trinajstić information content (AvgIpc) is 3.46. The number of pyridine rings is 1. The van der Waals surface area contributed by atoms with Crippen molar-refractivity contribution < 1.29 is 22.7 Å². The third kappa shape index (κ3) is 5.37. The molecule has 0 unspecified atom stereocenters. The van der Waals surface area contributed by atoms with Gasteiger partial charge in [-0.3, -0.25) is 9.69 Å². The van der Waals surface area contributed by atoms with E-state index in [0.717, 1.165) is 30.8 Å². The Balaban J connectivity index is 1.37. The molecule has 6 rings (SSSR count). The number of ether oxygens (including phenoxy) is 1. The molecule has 224 valence electrons. The molecular weight excluding hydrogens is 547 g/mol. The lowest BCUT2D eigenvalue weighted by molar-refractivity contribution is -0.138. The number of benzene rings is 1. The number of halogens is 3. The summed E-state index contributed by atoms with van der Waals surface area (Å²) in [4.78, 5) is 19.9. The van der Waals surface area contributed by atoms with Crippen molar-refractivity contribution in [2.75, 3.05) is 36.5 Å². The van der Waals surface area contributed by atoms with Gasteiger partial charge in [-0.25, -0.2) is 4.98 Å². The van der Waals surface area contributed by atoms with Crippen LogP contribution in [0.4, 0.5) is 24.8 Å². The molecule has 2 aromatic heterocycles. The number of alkyl halides is 3. The Morgan fingerprint density at radius 1 is 1.14 bits per heavy atom. The third-order valence-electron chi connectivity index (χ3n) is 8.79. The molecule has 1 saturated heterocycles. The minimum atomic E-state index is -4.60. The highest BCUT2D eigenvalue weighted by atomic mass is 19.4. The molecule has 2 N–H and O–H groups in total. The number of aromatic nitrogens is 4. The summed E-state index contributed by atoms with van der Waals surface area (Å²) in [6, 6.07) is 6.20. The molecule has 1 aromatic carbocycles. The van der Waals surface area contributed by atoms with Crippen LogP contribution in [0.25, 0.3) is 0 Å². The van der Waals surface area contributed by atoms with Crippen LogP contribution < -0.4 is 15.5 Å². The fourth-order valence-corrected chi connectivity index (χ4v) is 6.06. The largest absolute Gasteiger partial charge is 0.416 e. The van der Waals surface area contributed by atoms with E-state index in [0.29, 0.717) is 42.9 Å². The van der Waals surface area contributed by atoms with Gasteiger partial charge < -0.3 is 19.9 Å². The number of nitrogens with zero attached hydrogens (tertiary/aromatic N) is 5. The van der Waals surface area contributed by atoms with E-state index in [4.69, 9.17) is 4.74 Å². The molecule has 1 amide bonds. The summed E-state index contributed by atoms with van der Waals surface area (Å²) in [5.41, 5.74) is 0.589. The van der Waals surface area contributed by atoms with Crippen molar-refractivity contribution in [3.8, 4) is 0 Å². The van der Waals surface area contributed by atoms with E-state index < -0.39 is 17.6 Å². The van der Waals surface area contributed by atoms with E-state index >= 15 is 0 Å². The highest BCUT2D eigenvalue weighted by Crippen LogP contribution is 2.42. The molecule has 2 atom stereocenters. The SMILES string of the molecule is CCNc1cc([C@H](c2nncn2C)C2COC2)cc(N2Cc3c(cc([C@H](C)NCC4CCC4)cc3C(F)(F)F)C2=O)n1. The lowest BCUT2D eigenvalue weighted by atomic mass is 9.84. The normalized spacial score (nSPS) is 18.9. The van der Waals surface area contributed by atoms with Gasteiger partial charge in [-0.1, -0.05) is 6.42 Å². The zero-order chi connectivity index (χ0) is 29.6. The van der Waals surface area contributed by atoms with Crippen molar-refractivity contribution in [1.29, 1.82) is 0 Å². The molecule has 4 heterocycles. The second-order valence-corrected chi connectivity index (χ2v) is 11.7. The first-order valence-electron chi connectivity index (χ1n) is 14.6. The summed E-state index contributed by atoms with van der Waals surface area (Å²) in [6.45, 7) is 6.00. The topological polar surface area (TPSA) is 97.2 Å². The van der Waals surface area contributed by atoms with Crippen molar-refractivity contribution in [2.24, 2.45) is 18.9 Å². The van der Waals surface area contributed by atoms with Gasteiger partial charge >= 0.3 is 6.18 Å². The quantitative estimate of drug-likeness (QED) is 0.345. The highest BCUT2D eigenvalue weighted by molar-refractivity contribution is 6.10. The zero-order valence-corrected chi connectivity index (χ0v) is 24.0. The Labute approximate surface area is 242 Å². The van der Waals surface area contributed by atoms with Crippen LogP contribution in [0.15, 0.2) is 30.6 Å². The van der Waals surface area contributed by atoms with Gasteiger partial charge in [0.1, 0.15) is 23.8 Å². The summed E-state index contributed by atoms with van der Waals surface area (Å²) in [5.74, 6) is 1.59. The molecule has 1 saturated carbocycles. The molecule has 3 aliphatic rings. The predicted octanol–water partition coefficient (Wildman–Crippen LogP) is 5.05. The molecule has 0 radical (unpaired) electrons. The number of hydrogen-bond donors (Lipinski definition) is 2. The van der Waals surface area contributed by atoms with Gasteiger partial charge in [-0.2, -0.15) is 13.2 Å². The van der Waals surface area contributed by atoms with Crippen LogP contribution in [0.2, 0.25) is 0 Å². The van der Waals surface area contributed by atoms with Gasteiger partial charge in [-0.05, 0) is 80.1 Å². The molecule has 9 nitrogen and oxygen atoms in total. The lowest BCUT2D eigenvalue weighted by Crippen LogP contribution is -2.35. The molecule has 12 heteroatoms. The molecular formula is C30H36F3N7O2. The van der Waals surface area contributed by atoms with Crippen LogP contribution in [0.1, 0.15) is 83.5 Å². The second-order valence-electron chi connectivity index (χ2n) is 11.7. The van der Waals surface area contributed by atoms with Gasteiger partial charge in [0.15, 0.2) is 0 Å². The van der Waals surface area contributed by atoms with Gasteiger partial charge in [0.25, 0.3) is 5.91 Å². The maximum absolute atomic E-state index is 14.4. The number of rotatable bonds is 10. The predicted molar refractivity (Wildman–Crippen MR) is 151 cm³/mol. The molecule has 0 bridgehead atoms. The summed E-state index contributed by atoms with van der Waals surface area (Å²) in [6.07, 6.45) is 0.498. The van der Waals surface area contributed by atoms with Crippen molar-refractivity contribution >= 4 is 17.5 Å².